The molecule has 0 aliphatic heterocycles. The van der Waals surface area contributed by atoms with Crippen LogP contribution in [0.25, 0.3) is 11.2 Å². The smallest absolute Gasteiger partial charge is 0.332 e. The van der Waals surface area contributed by atoms with Gasteiger partial charge >= 0.3 is 5.69 Å². The highest BCUT2D eigenvalue weighted by molar-refractivity contribution is 5.79. The van der Waals surface area contributed by atoms with Crippen LogP contribution >= 0.6 is 0 Å². The van der Waals surface area contributed by atoms with Crippen LogP contribution in [0, 0.1) is 0 Å². The first-order chi connectivity index (χ1) is 16.8. The van der Waals surface area contributed by atoms with Gasteiger partial charge in [0.1, 0.15) is 18.0 Å². The second kappa shape index (κ2) is 9.88. The minimum atomic E-state index is -0.502. The SMILES string of the molecule is COc1ccc(C[C@@H](NC(=O)Cn2cnc3c2c(=O)n(C)c(=O)n3C)c2ccc(OC)cc2)cc1. The van der Waals surface area contributed by atoms with E-state index in [1.165, 1.54) is 29.6 Å². The van der Waals surface area contributed by atoms with E-state index in [0.29, 0.717) is 6.42 Å². The topological polar surface area (TPSA) is 109 Å². The number of amides is 1. The third-order valence-corrected chi connectivity index (χ3v) is 5.98. The van der Waals surface area contributed by atoms with Crippen LogP contribution in [0.2, 0.25) is 0 Å². The summed E-state index contributed by atoms with van der Waals surface area (Å²) in [6.07, 6.45) is 1.94. The number of hydrogen-bond donors (Lipinski definition) is 1. The second-order valence-corrected chi connectivity index (χ2v) is 8.20. The molecule has 0 aliphatic rings. The summed E-state index contributed by atoms with van der Waals surface area (Å²) in [6, 6.07) is 14.8. The highest BCUT2D eigenvalue weighted by Crippen LogP contribution is 2.23. The molecule has 0 saturated carbocycles. The number of methoxy groups -OCH3 is 2. The number of rotatable bonds is 8. The maximum absolute atomic E-state index is 13.1. The molecular weight excluding hydrogens is 450 g/mol. The van der Waals surface area contributed by atoms with Crippen molar-refractivity contribution in [2.75, 3.05) is 14.2 Å². The van der Waals surface area contributed by atoms with Gasteiger partial charge < -0.3 is 19.4 Å². The highest BCUT2D eigenvalue weighted by atomic mass is 16.5. The highest BCUT2D eigenvalue weighted by Gasteiger charge is 2.19. The van der Waals surface area contributed by atoms with Crippen LogP contribution in [-0.2, 0) is 31.9 Å². The Balaban J connectivity index is 1.61. The number of hydrogen-bond acceptors (Lipinski definition) is 6. The average Bonchev–Trinajstić information content (AvgIpc) is 3.29. The fraction of sp³-hybridized carbons (Fsp3) is 0.280. The first-order valence-electron chi connectivity index (χ1n) is 11.0. The largest absolute Gasteiger partial charge is 0.497 e. The van der Waals surface area contributed by atoms with Gasteiger partial charge in [-0.3, -0.25) is 18.7 Å². The average molecular weight is 478 g/mol. The first-order valence-corrected chi connectivity index (χ1v) is 11.0. The Kier molecular flexibility index (Phi) is 6.72. The van der Waals surface area contributed by atoms with Crippen LogP contribution in [-0.4, -0.2) is 38.8 Å². The Morgan fingerprint density at radius 1 is 0.943 bits per heavy atom. The third kappa shape index (κ3) is 4.81. The maximum Gasteiger partial charge on any atom is 0.332 e. The number of carbonyl (C=O) groups is 1. The molecule has 182 valence electrons. The molecule has 0 fully saturated rings. The zero-order valence-corrected chi connectivity index (χ0v) is 20.0. The number of nitrogens with zero attached hydrogens (tertiary/aromatic N) is 4. The molecule has 10 nitrogen and oxygen atoms in total. The molecule has 10 heteroatoms. The van der Waals surface area contributed by atoms with Gasteiger partial charge in [0.15, 0.2) is 11.2 Å². The van der Waals surface area contributed by atoms with E-state index in [2.05, 4.69) is 10.3 Å². The van der Waals surface area contributed by atoms with Crippen LogP contribution in [0.5, 0.6) is 11.5 Å². The summed E-state index contributed by atoms with van der Waals surface area (Å²) in [5.74, 6) is 1.17. The fourth-order valence-electron chi connectivity index (χ4n) is 4.00. The number of nitrogens with one attached hydrogen (secondary N) is 1. The van der Waals surface area contributed by atoms with E-state index in [1.807, 2.05) is 48.5 Å². The zero-order chi connectivity index (χ0) is 25.1. The van der Waals surface area contributed by atoms with Gasteiger partial charge in [-0.1, -0.05) is 24.3 Å². The lowest BCUT2D eigenvalue weighted by molar-refractivity contribution is -0.122. The van der Waals surface area contributed by atoms with Gasteiger partial charge in [-0.25, -0.2) is 9.78 Å². The van der Waals surface area contributed by atoms with Crippen molar-refractivity contribution in [1.29, 1.82) is 0 Å². The van der Waals surface area contributed by atoms with E-state index in [4.69, 9.17) is 9.47 Å². The Bertz CT molecular complexity index is 1470. The maximum atomic E-state index is 13.1. The van der Waals surface area contributed by atoms with Gasteiger partial charge in [0, 0.05) is 14.1 Å². The van der Waals surface area contributed by atoms with Crippen molar-refractivity contribution >= 4 is 17.1 Å². The van der Waals surface area contributed by atoms with E-state index in [1.54, 1.807) is 14.2 Å². The number of benzene rings is 2. The standard InChI is InChI=1S/C25H27N5O5/c1-28-23-22(24(32)29(2)25(28)33)30(15-26-23)14-21(31)27-20(17-7-11-19(35-4)12-8-17)13-16-5-9-18(34-3)10-6-16/h5-12,15,20H,13-14H2,1-4H3,(H,27,31)/t20-/m1/s1. The van der Waals surface area contributed by atoms with E-state index in [0.717, 1.165) is 27.2 Å². The predicted molar refractivity (Wildman–Crippen MR) is 131 cm³/mol. The predicted octanol–water partition coefficient (Wildman–Crippen LogP) is 1.55. The lowest BCUT2D eigenvalue weighted by Crippen LogP contribution is -2.38. The fourth-order valence-corrected chi connectivity index (χ4v) is 4.00. The molecular formula is C25H27N5O5. The Morgan fingerprint density at radius 3 is 2.14 bits per heavy atom. The van der Waals surface area contributed by atoms with Gasteiger partial charge in [-0.05, 0) is 41.8 Å². The monoisotopic (exact) mass is 477 g/mol. The number of imidazole rings is 1. The van der Waals surface area contributed by atoms with Crippen LogP contribution in [0.4, 0.5) is 0 Å². The minimum absolute atomic E-state index is 0.126. The molecule has 2 aromatic carbocycles. The molecule has 4 rings (SSSR count). The van der Waals surface area contributed by atoms with Crippen LogP contribution in [0.1, 0.15) is 17.2 Å². The third-order valence-electron chi connectivity index (χ3n) is 5.98. The van der Waals surface area contributed by atoms with E-state index in [9.17, 15) is 14.4 Å². The number of aromatic nitrogens is 4. The summed E-state index contributed by atoms with van der Waals surface area (Å²) in [5.41, 5.74) is 1.37. The summed E-state index contributed by atoms with van der Waals surface area (Å²) < 4.78 is 14.2. The number of carbonyl (C=O) groups excluding carboxylic acids is 1. The molecule has 0 radical (unpaired) electrons. The normalized spacial score (nSPS) is 11.9. The van der Waals surface area contributed by atoms with Gasteiger partial charge in [0.25, 0.3) is 5.56 Å². The van der Waals surface area contributed by atoms with Gasteiger partial charge in [-0.15, -0.1) is 0 Å². The van der Waals surface area contributed by atoms with Crippen molar-refractivity contribution in [3.63, 3.8) is 0 Å². The summed E-state index contributed by atoms with van der Waals surface area (Å²) in [5, 5.41) is 3.07. The van der Waals surface area contributed by atoms with E-state index >= 15 is 0 Å². The van der Waals surface area contributed by atoms with Crippen LogP contribution in [0.15, 0.2) is 64.4 Å². The van der Waals surface area contributed by atoms with Crippen molar-refractivity contribution < 1.29 is 14.3 Å². The molecule has 0 unspecified atom stereocenters. The zero-order valence-electron chi connectivity index (χ0n) is 20.0. The minimum Gasteiger partial charge on any atom is -0.497 e. The van der Waals surface area contributed by atoms with E-state index in [-0.39, 0.29) is 29.7 Å². The summed E-state index contributed by atoms with van der Waals surface area (Å²) in [6.45, 7) is -0.126. The molecule has 0 spiro atoms. The summed E-state index contributed by atoms with van der Waals surface area (Å²) >= 11 is 0. The second-order valence-electron chi connectivity index (χ2n) is 8.20. The lowest BCUT2D eigenvalue weighted by atomic mass is 9.98. The molecule has 1 N–H and O–H groups in total. The van der Waals surface area contributed by atoms with Crippen molar-refractivity contribution in [3.8, 4) is 11.5 Å². The van der Waals surface area contributed by atoms with Crippen LogP contribution in [0.3, 0.4) is 0 Å². The Hall–Kier alpha value is -4.34. The molecule has 4 aromatic rings. The lowest BCUT2D eigenvalue weighted by Gasteiger charge is -2.20. The molecule has 1 amide bonds. The quantitative estimate of drug-likeness (QED) is 0.413. The Morgan fingerprint density at radius 2 is 1.54 bits per heavy atom. The first kappa shape index (κ1) is 23.8. The molecule has 2 heterocycles. The number of fused-ring (bicyclic) bond motifs is 1. The Labute approximate surface area is 201 Å². The molecule has 0 aliphatic carbocycles. The van der Waals surface area contributed by atoms with Crippen molar-refractivity contribution in [3.05, 3.63) is 86.8 Å². The van der Waals surface area contributed by atoms with Crippen molar-refractivity contribution in [1.82, 2.24) is 24.0 Å². The van der Waals surface area contributed by atoms with Crippen LogP contribution < -0.4 is 26.0 Å². The van der Waals surface area contributed by atoms with Crippen molar-refractivity contribution in [2.45, 2.75) is 19.0 Å². The molecule has 0 saturated heterocycles. The number of aryl methyl sites for hydroxylation is 1. The molecule has 2 aromatic heterocycles. The molecule has 1 atom stereocenters. The van der Waals surface area contributed by atoms with Gasteiger partial charge in [0.05, 0.1) is 26.6 Å². The summed E-state index contributed by atoms with van der Waals surface area (Å²) in [7, 11) is 6.15. The van der Waals surface area contributed by atoms with Gasteiger partial charge in [0.2, 0.25) is 5.91 Å². The summed E-state index contributed by atoms with van der Waals surface area (Å²) in [4.78, 5) is 42.2. The molecule has 35 heavy (non-hydrogen) atoms. The molecule has 0 bridgehead atoms. The van der Waals surface area contributed by atoms with Gasteiger partial charge in [-0.2, -0.15) is 0 Å². The van der Waals surface area contributed by atoms with E-state index < -0.39 is 11.2 Å². The van der Waals surface area contributed by atoms with Crippen molar-refractivity contribution in [2.24, 2.45) is 14.1 Å². The number of ether oxygens (including phenoxy) is 2.